The Bertz CT molecular complexity index is 607. The Morgan fingerprint density at radius 1 is 1.37 bits per heavy atom. The molecule has 2 rings (SSSR count). The summed E-state index contributed by atoms with van der Waals surface area (Å²) in [6, 6.07) is 9.45. The van der Waals surface area contributed by atoms with Crippen LogP contribution in [-0.4, -0.2) is 11.0 Å². The summed E-state index contributed by atoms with van der Waals surface area (Å²) in [5.74, 6) is -1.02. The molecule has 1 aromatic heterocycles. The number of carbonyl (C=O) groups excluding carboxylic acids is 1. The van der Waals surface area contributed by atoms with E-state index in [4.69, 9.17) is 0 Å². The van der Waals surface area contributed by atoms with Crippen molar-refractivity contribution in [2.45, 2.75) is 19.3 Å². The van der Waals surface area contributed by atoms with Crippen LogP contribution in [0.3, 0.4) is 0 Å². The first kappa shape index (κ1) is 13.8. The van der Waals surface area contributed by atoms with Crippen molar-refractivity contribution in [2.24, 2.45) is 0 Å². The van der Waals surface area contributed by atoms with Gasteiger partial charge >= 0.3 is 5.97 Å². The third-order valence-electron chi connectivity index (χ3n) is 3.24. The summed E-state index contributed by atoms with van der Waals surface area (Å²) < 4.78 is 12.9. The van der Waals surface area contributed by atoms with Gasteiger partial charge in [-0.1, -0.05) is 48.0 Å². The summed E-state index contributed by atoms with van der Waals surface area (Å²) in [6.07, 6.45) is 1.69. The van der Waals surface area contributed by atoms with Crippen LogP contribution in [0.2, 0.25) is 0 Å². The molecule has 0 aliphatic rings. The molecule has 0 radical (unpaired) electrons. The number of hydrogen-bond donors (Lipinski definition) is 1. The number of nitrogens with one attached hydrogen (secondary N) is 1. The number of aromatic amines is 1. The molecule has 0 saturated carbocycles. The van der Waals surface area contributed by atoms with Crippen molar-refractivity contribution in [3.63, 3.8) is 0 Å². The molecule has 1 heterocycles. The zero-order valence-corrected chi connectivity index (χ0v) is 12.1. The topological polar surface area (TPSA) is 42.1 Å². The van der Waals surface area contributed by atoms with Gasteiger partial charge in [0.2, 0.25) is 0 Å². The molecule has 3 nitrogen and oxygen atoms in total. The molecule has 0 aliphatic heterocycles. The van der Waals surface area contributed by atoms with Gasteiger partial charge in [-0.2, -0.15) is 0 Å². The van der Waals surface area contributed by atoms with Gasteiger partial charge < -0.3 is 4.98 Å². The lowest BCUT2D eigenvalue weighted by Crippen LogP contribution is -2.18. The average molecular weight is 326 g/mol. The van der Waals surface area contributed by atoms with E-state index in [2.05, 4.69) is 25.9 Å². The summed E-state index contributed by atoms with van der Waals surface area (Å²) >= 11 is 3.52. The van der Waals surface area contributed by atoms with Gasteiger partial charge in [-0.05, 0) is 23.3 Å². The van der Waals surface area contributed by atoms with Gasteiger partial charge in [0, 0.05) is 20.6 Å². The van der Waals surface area contributed by atoms with Crippen LogP contribution in [0.4, 0.5) is 4.53 Å². The summed E-state index contributed by atoms with van der Waals surface area (Å²) in [5.41, 5.74) is 1.72. The molecular formula is C14H13BrFNO2. The van der Waals surface area contributed by atoms with Crippen LogP contribution in [-0.2, 0) is 10.4 Å². The summed E-state index contributed by atoms with van der Waals surface area (Å²) in [7, 11) is 0. The predicted molar refractivity (Wildman–Crippen MR) is 73.6 cm³/mol. The Morgan fingerprint density at radius 3 is 2.68 bits per heavy atom. The minimum absolute atomic E-state index is 0.0950. The fourth-order valence-corrected chi connectivity index (χ4v) is 2.82. The number of hydrogen-bond acceptors (Lipinski definition) is 2. The fraction of sp³-hybridized carbons (Fsp3) is 0.214. The number of rotatable bonds is 3. The summed E-state index contributed by atoms with van der Waals surface area (Å²) in [6.45, 7) is 4.06. The smallest absolute Gasteiger partial charge is 0.355 e. The van der Waals surface area contributed by atoms with E-state index >= 15 is 0 Å². The van der Waals surface area contributed by atoms with Crippen LogP contribution in [0.1, 0.15) is 35.5 Å². The molecule has 0 aliphatic carbocycles. The van der Waals surface area contributed by atoms with Crippen molar-refractivity contribution in [1.29, 1.82) is 0 Å². The number of benzene rings is 1. The highest BCUT2D eigenvalue weighted by atomic mass is 79.9. The number of aromatic nitrogens is 1. The van der Waals surface area contributed by atoms with E-state index in [1.54, 1.807) is 12.3 Å². The maximum absolute atomic E-state index is 11.9. The largest absolute Gasteiger partial charge is 0.395 e. The molecule has 1 aromatic carbocycles. The maximum Gasteiger partial charge on any atom is 0.395 e. The third kappa shape index (κ3) is 2.56. The fourth-order valence-electron chi connectivity index (χ4n) is 2.04. The zero-order chi connectivity index (χ0) is 14.0. The molecular weight excluding hydrogens is 313 g/mol. The van der Waals surface area contributed by atoms with Gasteiger partial charge in [-0.3, -0.25) is 0 Å². The summed E-state index contributed by atoms with van der Waals surface area (Å²) in [5, 5.41) is 0. The van der Waals surface area contributed by atoms with Crippen LogP contribution < -0.4 is 0 Å². The maximum atomic E-state index is 11.9. The van der Waals surface area contributed by atoms with E-state index in [0.717, 1.165) is 15.6 Å². The molecule has 2 aromatic rings. The zero-order valence-electron chi connectivity index (χ0n) is 10.5. The van der Waals surface area contributed by atoms with E-state index in [9.17, 15) is 9.32 Å². The van der Waals surface area contributed by atoms with E-state index < -0.39 is 5.97 Å². The Balaban J connectivity index is 2.42. The lowest BCUT2D eigenvalue weighted by molar-refractivity contribution is -0.0792. The van der Waals surface area contributed by atoms with E-state index in [-0.39, 0.29) is 11.1 Å². The van der Waals surface area contributed by atoms with Gasteiger partial charge in [-0.15, -0.1) is 0 Å². The number of H-pyrrole nitrogens is 1. The van der Waals surface area contributed by atoms with E-state index in [0.29, 0.717) is 0 Å². The normalized spacial score (nSPS) is 11.4. The van der Waals surface area contributed by atoms with Gasteiger partial charge in [0.1, 0.15) is 5.69 Å². The minimum atomic E-state index is -1.02. The quantitative estimate of drug-likeness (QED) is 0.921. The van der Waals surface area contributed by atoms with Crippen molar-refractivity contribution >= 4 is 21.9 Å². The Labute approximate surface area is 118 Å². The van der Waals surface area contributed by atoms with Crippen molar-refractivity contribution in [3.05, 3.63) is 57.8 Å². The van der Waals surface area contributed by atoms with Gasteiger partial charge in [0.25, 0.3) is 0 Å². The van der Waals surface area contributed by atoms with Crippen LogP contribution in [0.5, 0.6) is 0 Å². The predicted octanol–water partition coefficient (Wildman–Crippen LogP) is 4.14. The van der Waals surface area contributed by atoms with Crippen molar-refractivity contribution < 1.29 is 14.3 Å². The molecule has 0 unspecified atom stereocenters. The third-order valence-corrected chi connectivity index (χ3v) is 3.93. The second-order valence-corrected chi connectivity index (χ2v) is 5.63. The molecule has 0 bridgehead atoms. The standard InChI is InChI=1S/C14H13BrFNO2/c1-14(2,10-5-3-4-6-11(10)15)9-7-12(17-8-9)13(18)19-16/h3-8,17H,1-2H3. The first-order chi connectivity index (χ1) is 8.96. The number of halogens is 2. The lowest BCUT2D eigenvalue weighted by atomic mass is 9.79. The molecule has 0 spiro atoms. The van der Waals surface area contributed by atoms with Crippen molar-refractivity contribution in [1.82, 2.24) is 4.98 Å². The van der Waals surface area contributed by atoms with Crippen molar-refractivity contribution in [2.75, 3.05) is 0 Å². The van der Waals surface area contributed by atoms with Crippen LogP contribution in [0, 0.1) is 0 Å². The van der Waals surface area contributed by atoms with E-state index in [1.807, 2.05) is 38.1 Å². The highest BCUT2D eigenvalue weighted by molar-refractivity contribution is 9.10. The van der Waals surface area contributed by atoms with Gasteiger partial charge in [0.15, 0.2) is 0 Å². The number of carbonyl (C=O) groups is 1. The van der Waals surface area contributed by atoms with Crippen molar-refractivity contribution in [3.8, 4) is 0 Å². The Kier molecular flexibility index (Phi) is 3.75. The molecule has 0 atom stereocenters. The minimum Gasteiger partial charge on any atom is -0.355 e. The van der Waals surface area contributed by atoms with Gasteiger partial charge in [-0.25, -0.2) is 9.74 Å². The Hall–Kier alpha value is -1.62. The highest BCUT2D eigenvalue weighted by Crippen LogP contribution is 2.36. The SMILES string of the molecule is CC(C)(c1c[nH]c(C(=O)OF)c1)c1ccccc1Br. The van der Waals surface area contributed by atoms with Crippen LogP contribution in [0.15, 0.2) is 41.0 Å². The first-order valence-corrected chi connectivity index (χ1v) is 6.53. The summed E-state index contributed by atoms with van der Waals surface area (Å²) in [4.78, 5) is 17.1. The van der Waals surface area contributed by atoms with E-state index in [1.165, 1.54) is 0 Å². The molecule has 1 N–H and O–H groups in total. The molecule has 5 heteroatoms. The molecule has 100 valence electrons. The highest BCUT2D eigenvalue weighted by Gasteiger charge is 2.27. The molecule has 0 fully saturated rings. The molecule has 19 heavy (non-hydrogen) atoms. The molecule has 0 amide bonds. The van der Waals surface area contributed by atoms with Crippen LogP contribution >= 0.6 is 15.9 Å². The first-order valence-electron chi connectivity index (χ1n) is 5.73. The average Bonchev–Trinajstić information content (AvgIpc) is 2.88. The second-order valence-electron chi connectivity index (χ2n) is 4.77. The second kappa shape index (κ2) is 5.17. The van der Waals surface area contributed by atoms with Gasteiger partial charge in [0.05, 0.1) is 0 Å². The Morgan fingerprint density at radius 2 is 2.05 bits per heavy atom. The molecule has 0 saturated heterocycles. The monoisotopic (exact) mass is 325 g/mol. The van der Waals surface area contributed by atoms with Crippen LogP contribution in [0.25, 0.3) is 0 Å². The lowest BCUT2D eigenvalue weighted by Gasteiger charge is -2.25.